The van der Waals surface area contributed by atoms with Crippen molar-refractivity contribution in [3.8, 4) is 22.5 Å². The number of rotatable bonds is 5. The van der Waals surface area contributed by atoms with Crippen LogP contribution in [0.4, 0.5) is 0 Å². The third-order valence-corrected chi connectivity index (χ3v) is 4.74. The Labute approximate surface area is 158 Å². The maximum atomic E-state index is 10.9. The normalized spacial score (nSPS) is 11.0. The van der Waals surface area contributed by atoms with E-state index in [0.717, 1.165) is 45.4 Å². The van der Waals surface area contributed by atoms with E-state index in [1.165, 1.54) is 5.46 Å². The van der Waals surface area contributed by atoms with Crippen molar-refractivity contribution in [2.75, 3.05) is 0 Å². The highest BCUT2D eigenvalue weighted by Gasteiger charge is 2.20. The largest absolute Gasteiger partial charge is 0.303 e. The molecule has 0 radical (unpaired) electrons. The minimum Gasteiger partial charge on any atom is -0.303 e. The molecule has 3 aromatic heterocycles. The van der Waals surface area contributed by atoms with Gasteiger partial charge in [0.05, 0.1) is 11.2 Å². The zero-order valence-corrected chi connectivity index (χ0v) is 15.4. The molecular formula is C21H19BN4O. The number of pyridine rings is 2. The molecule has 0 saturated heterocycles. The van der Waals surface area contributed by atoms with Crippen LogP contribution in [0.1, 0.15) is 12.1 Å². The lowest BCUT2D eigenvalue weighted by Gasteiger charge is -2.09. The van der Waals surface area contributed by atoms with Gasteiger partial charge in [-0.3, -0.25) is 14.6 Å². The highest BCUT2D eigenvalue weighted by atomic mass is 16.1. The SMILES string of the molecule is Bc1ccc2c(-c3c(-c4ccccn4)nn(CCC=O)c3C)ccnc2c1. The molecule has 0 fully saturated rings. The van der Waals surface area contributed by atoms with Gasteiger partial charge in [-0.2, -0.15) is 5.10 Å². The van der Waals surface area contributed by atoms with E-state index in [0.29, 0.717) is 13.0 Å². The Morgan fingerprint density at radius 1 is 1.11 bits per heavy atom. The van der Waals surface area contributed by atoms with Crippen LogP contribution in [0, 0.1) is 6.92 Å². The fourth-order valence-electron chi connectivity index (χ4n) is 3.42. The zero-order valence-electron chi connectivity index (χ0n) is 15.4. The average molecular weight is 354 g/mol. The molecule has 0 aliphatic rings. The van der Waals surface area contributed by atoms with Crippen molar-refractivity contribution in [3.05, 3.63) is 60.6 Å². The summed E-state index contributed by atoms with van der Waals surface area (Å²) in [5, 5.41) is 5.87. The number of aldehydes is 1. The molecule has 132 valence electrons. The number of hydrogen-bond donors (Lipinski definition) is 0. The second kappa shape index (κ2) is 7.15. The number of fused-ring (bicyclic) bond motifs is 1. The van der Waals surface area contributed by atoms with E-state index in [1.54, 1.807) is 6.20 Å². The van der Waals surface area contributed by atoms with Crippen molar-refractivity contribution < 1.29 is 4.79 Å². The van der Waals surface area contributed by atoms with Gasteiger partial charge in [-0.1, -0.05) is 23.7 Å². The molecule has 0 amide bonds. The van der Waals surface area contributed by atoms with Crippen LogP contribution >= 0.6 is 0 Å². The second-order valence-corrected chi connectivity index (χ2v) is 6.58. The lowest BCUT2D eigenvalue weighted by molar-refractivity contribution is -0.108. The van der Waals surface area contributed by atoms with Crippen molar-refractivity contribution in [2.24, 2.45) is 0 Å². The van der Waals surface area contributed by atoms with Crippen molar-refractivity contribution in [3.63, 3.8) is 0 Å². The second-order valence-electron chi connectivity index (χ2n) is 6.58. The first-order valence-electron chi connectivity index (χ1n) is 8.97. The number of aryl methyl sites for hydroxylation is 1. The summed E-state index contributed by atoms with van der Waals surface area (Å²) in [6.45, 7) is 2.59. The van der Waals surface area contributed by atoms with Gasteiger partial charge >= 0.3 is 0 Å². The summed E-state index contributed by atoms with van der Waals surface area (Å²) in [5.74, 6) is 0. The molecule has 3 heterocycles. The molecule has 5 nitrogen and oxygen atoms in total. The number of carbonyl (C=O) groups excluding carboxylic acids is 1. The molecule has 6 heteroatoms. The van der Waals surface area contributed by atoms with Gasteiger partial charge in [-0.15, -0.1) is 0 Å². The summed E-state index contributed by atoms with van der Waals surface area (Å²) in [6.07, 6.45) is 4.96. The van der Waals surface area contributed by atoms with E-state index in [9.17, 15) is 4.79 Å². The molecule has 1 aromatic carbocycles. The summed E-state index contributed by atoms with van der Waals surface area (Å²) < 4.78 is 1.90. The average Bonchev–Trinajstić information content (AvgIpc) is 3.02. The molecule has 27 heavy (non-hydrogen) atoms. The maximum Gasteiger partial charge on any atom is 0.139 e. The first-order valence-corrected chi connectivity index (χ1v) is 8.97. The summed E-state index contributed by atoms with van der Waals surface area (Å²) >= 11 is 0. The predicted octanol–water partition coefficient (Wildman–Crippen LogP) is 2.32. The van der Waals surface area contributed by atoms with Crippen molar-refractivity contribution in [1.82, 2.24) is 19.7 Å². The molecular weight excluding hydrogens is 335 g/mol. The maximum absolute atomic E-state index is 10.9. The minimum atomic E-state index is 0.430. The summed E-state index contributed by atoms with van der Waals surface area (Å²) in [5.41, 5.74) is 6.91. The smallest absolute Gasteiger partial charge is 0.139 e. The summed E-state index contributed by atoms with van der Waals surface area (Å²) in [7, 11) is 2.07. The van der Waals surface area contributed by atoms with Gasteiger partial charge in [-0.25, -0.2) is 0 Å². The van der Waals surface area contributed by atoms with Gasteiger partial charge in [-0.05, 0) is 36.8 Å². The van der Waals surface area contributed by atoms with Gasteiger partial charge in [0.15, 0.2) is 0 Å². The van der Waals surface area contributed by atoms with Gasteiger partial charge in [0, 0.05) is 42.0 Å². The lowest BCUT2D eigenvalue weighted by Crippen LogP contribution is -2.03. The molecule has 0 spiro atoms. The monoisotopic (exact) mass is 354 g/mol. The van der Waals surface area contributed by atoms with Crippen LogP contribution in [0.15, 0.2) is 54.9 Å². The van der Waals surface area contributed by atoms with Gasteiger partial charge in [0.1, 0.15) is 19.8 Å². The summed E-state index contributed by atoms with van der Waals surface area (Å²) in [4.78, 5) is 19.9. The molecule has 0 N–H and O–H groups in total. The van der Waals surface area contributed by atoms with Crippen molar-refractivity contribution >= 4 is 30.5 Å². The van der Waals surface area contributed by atoms with Crippen LogP contribution in [0.2, 0.25) is 0 Å². The van der Waals surface area contributed by atoms with Crippen LogP contribution in [0.5, 0.6) is 0 Å². The van der Waals surface area contributed by atoms with Crippen LogP contribution in [0.3, 0.4) is 0 Å². The Hall–Kier alpha value is -3.28. The Morgan fingerprint density at radius 2 is 2.00 bits per heavy atom. The molecule has 0 aliphatic heterocycles. The lowest BCUT2D eigenvalue weighted by atomic mass is 9.92. The Balaban J connectivity index is 1.99. The predicted molar refractivity (Wildman–Crippen MR) is 110 cm³/mol. The van der Waals surface area contributed by atoms with Gasteiger partial charge in [0.25, 0.3) is 0 Å². The molecule has 4 aromatic rings. The summed E-state index contributed by atoms with van der Waals surface area (Å²) in [6, 6.07) is 14.1. The Kier molecular flexibility index (Phi) is 4.54. The standard InChI is InChI=1S/C21H19BN4O/c1-14-20(17-8-10-24-19-13-15(22)6-7-16(17)19)21(18-5-2-3-9-23-18)25-26(14)11-4-12-27/h2-3,5-10,12-13H,4,11,22H2,1H3. The first-order chi connectivity index (χ1) is 13.2. The number of carbonyl (C=O) groups is 1. The third-order valence-electron chi connectivity index (χ3n) is 4.74. The highest BCUT2D eigenvalue weighted by Crippen LogP contribution is 2.36. The first kappa shape index (κ1) is 17.2. The fraction of sp³-hybridized carbons (Fsp3) is 0.143. The fourth-order valence-corrected chi connectivity index (χ4v) is 3.42. The minimum absolute atomic E-state index is 0.430. The quantitative estimate of drug-likeness (QED) is 0.408. The molecule has 4 rings (SSSR count). The molecule has 0 bridgehead atoms. The van der Waals surface area contributed by atoms with Crippen LogP contribution < -0.4 is 5.46 Å². The third kappa shape index (κ3) is 3.14. The van der Waals surface area contributed by atoms with E-state index in [4.69, 9.17) is 5.10 Å². The number of hydrogen-bond acceptors (Lipinski definition) is 4. The van der Waals surface area contributed by atoms with E-state index in [-0.39, 0.29) is 0 Å². The highest BCUT2D eigenvalue weighted by molar-refractivity contribution is 6.33. The van der Waals surface area contributed by atoms with Crippen LogP contribution in [-0.2, 0) is 11.3 Å². The number of aromatic nitrogens is 4. The Morgan fingerprint density at radius 3 is 2.78 bits per heavy atom. The molecule has 0 unspecified atom stereocenters. The van der Waals surface area contributed by atoms with Crippen molar-refractivity contribution in [1.29, 1.82) is 0 Å². The zero-order chi connectivity index (χ0) is 18.8. The van der Waals surface area contributed by atoms with Gasteiger partial charge < -0.3 is 4.79 Å². The van der Waals surface area contributed by atoms with Crippen molar-refractivity contribution in [2.45, 2.75) is 19.9 Å². The Bertz CT molecular complexity index is 1120. The van der Waals surface area contributed by atoms with E-state index < -0.39 is 0 Å². The molecule has 0 saturated carbocycles. The molecule has 0 atom stereocenters. The number of nitrogens with zero attached hydrogens (tertiary/aromatic N) is 4. The van der Waals surface area contributed by atoms with Gasteiger partial charge in [0.2, 0.25) is 0 Å². The topological polar surface area (TPSA) is 60.7 Å². The van der Waals surface area contributed by atoms with Crippen LogP contribution in [0.25, 0.3) is 33.4 Å². The number of benzene rings is 1. The van der Waals surface area contributed by atoms with Crippen LogP contribution in [-0.4, -0.2) is 33.9 Å². The van der Waals surface area contributed by atoms with E-state index >= 15 is 0 Å². The van der Waals surface area contributed by atoms with E-state index in [2.05, 4.69) is 36.0 Å². The molecule has 0 aliphatic carbocycles. The van der Waals surface area contributed by atoms with E-state index in [1.807, 2.05) is 42.1 Å².